The molecule has 0 spiro atoms. The first-order valence-corrected chi connectivity index (χ1v) is 5.15. The first-order chi connectivity index (χ1) is 8.97. The summed E-state index contributed by atoms with van der Waals surface area (Å²) in [5.74, 6) is 0.601. The largest absolute Gasteiger partial charge is 0.511 e. The first kappa shape index (κ1) is 14.2. The van der Waals surface area contributed by atoms with Crippen LogP contribution in [0, 0.1) is 0 Å². The molecule has 6 nitrogen and oxygen atoms in total. The van der Waals surface area contributed by atoms with E-state index in [4.69, 9.17) is 20.4 Å². The topological polar surface area (TPSA) is 107 Å². The molecule has 100 valence electrons. The number of hydrogen-bond donors (Lipinski definition) is 4. The van der Waals surface area contributed by atoms with E-state index in [0.29, 0.717) is 0 Å². The lowest BCUT2D eigenvalue weighted by molar-refractivity contribution is 0.144. The molecule has 2 aromatic carbocycles. The maximum absolute atomic E-state index is 9.97. The zero-order valence-corrected chi connectivity index (χ0v) is 9.72. The predicted octanol–water partition coefficient (Wildman–Crippen LogP) is 2.55. The van der Waals surface area contributed by atoms with Crippen LogP contribution in [0.2, 0.25) is 0 Å². The van der Waals surface area contributed by atoms with Crippen molar-refractivity contribution in [2.24, 2.45) is 0 Å². The second-order valence-corrected chi connectivity index (χ2v) is 3.38. The van der Waals surface area contributed by atoms with Gasteiger partial charge in [-0.05, 0) is 48.5 Å². The number of rotatable bonds is 1. The molecular formula is C13H12O6. The molecule has 0 aliphatic heterocycles. The number of phenolic OH excluding ortho intramolecular Hbond substituents is 3. The quantitative estimate of drug-likeness (QED) is 0.358. The van der Waals surface area contributed by atoms with Gasteiger partial charge in [-0.1, -0.05) is 0 Å². The van der Waals surface area contributed by atoms with Gasteiger partial charge in [0.15, 0.2) is 0 Å². The zero-order valence-electron chi connectivity index (χ0n) is 9.72. The molecule has 0 unspecified atom stereocenters. The van der Waals surface area contributed by atoms with Gasteiger partial charge in [0, 0.05) is 0 Å². The lowest BCUT2D eigenvalue weighted by Crippen LogP contribution is -2.02. The van der Waals surface area contributed by atoms with Gasteiger partial charge in [-0.3, -0.25) is 0 Å². The van der Waals surface area contributed by atoms with Crippen molar-refractivity contribution < 1.29 is 30.0 Å². The van der Waals surface area contributed by atoms with Crippen molar-refractivity contribution in [1.82, 2.24) is 0 Å². The van der Waals surface area contributed by atoms with Crippen LogP contribution in [0.3, 0.4) is 0 Å². The van der Waals surface area contributed by atoms with Gasteiger partial charge in [-0.15, -0.1) is 0 Å². The molecule has 0 fully saturated rings. The minimum atomic E-state index is -1.37. The Bertz CT molecular complexity index is 497. The number of phenols is 3. The summed E-state index contributed by atoms with van der Waals surface area (Å²) in [4.78, 5) is 9.97. The van der Waals surface area contributed by atoms with E-state index in [1.54, 1.807) is 0 Å². The Kier molecular flexibility index (Phi) is 5.04. The second kappa shape index (κ2) is 6.75. The van der Waals surface area contributed by atoms with Gasteiger partial charge in [-0.25, -0.2) is 4.79 Å². The van der Waals surface area contributed by atoms with Crippen LogP contribution in [0.4, 0.5) is 4.79 Å². The third-order valence-corrected chi connectivity index (χ3v) is 1.89. The Labute approximate surface area is 108 Å². The fourth-order valence-corrected chi connectivity index (χ4v) is 1.07. The maximum atomic E-state index is 9.97. The minimum absolute atomic E-state index is 0.0720. The highest BCUT2D eigenvalue weighted by Crippen LogP contribution is 2.15. The van der Waals surface area contributed by atoms with Crippen molar-refractivity contribution in [2.75, 3.05) is 0 Å². The van der Waals surface area contributed by atoms with Crippen molar-refractivity contribution >= 4 is 6.16 Å². The molecule has 0 aromatic heterocycles. The molecule has 0 bridgehead atoms. The van der Waals surface area contributed by atoms with E-state index in [1.165, 1.54) is 48.5 Å². The Morgan fingerprint density at radius 3 is 1.37 bits per heavy atom. The number of carbonyl (C=O) groups is 1. The van der Waals surface area contributed by atoms with Crippen LogP contribution in [0.1, 0.15) is 0 Å². The molecule has 4 N–H and O–H groups in total. The molecule has 0 heterocycles. The van der Waals surface area contributed by atoms with E-state index in [0.717, 1.165) is 0 Å². The van der Waals surface area contributed by atoms with Crippen molar-refractivity contribution in [3.05, 3.63) is 48.5 Å². The van der Waals surface area contributed by atoms with E-state index < -0.39 is 6.16 Å². The molecule has 0 amide bonds. The fourth-order valence-electron chi connectivity index (χ4n) is 1.07. The molecule has 0 saturated heterocycles. The maximum Gasteiger partial charge on any atom is 0.511 e. The van der Waals surface area contributed by atoms with E-state index >= 15 is 0 Å². The summed E-state index contributed by atoms with van der Waals surface area (Å²) in [5.41, 5.74) is 0. The van der Waals surface area contributed by atoms with Crippen LogP contribution < -0.4 is 4.74 Å². The average molecular weight is 264 g/mol. The van der Waals surface area contributed by atoms with Crippen LogP contribution in [0.25, 0.3) is 0 Å². The van der Waals surface area contributed by atoms with Gasteiger partial charge in [0.2, 0.25) is 0 Å². The summed E-state index contributed by atoms with van der Waals surface area (Å²) in [6, 6.07) is 11.1. The monoisotopic (exact) mass is 264 g/mol. The number of benzene rings is 2. The second-order valence-electron chi connectivity index (χ2n) is 3.38. The Morgan fingerprint density at radius 1 is 0.737 bits per heavy atom. The van der Waals surface area contributed by atoms with Gasteiger partial charge in [0.25, 0.3) is 0 Å². The highest BCUT2D eigenvalue weighted by atomic mass is 16.7. The SMILES string of the molecule is O=C(O)Oc1ccc(O)cc1.Oc1ccc(O)cc1. The van der Waals surface area contributed by atoms with E-state index in [9.17, 15) is 4.79 Å². The Hall–Kier alpha value is -2.89. The van der Waals surface area contributed by atoms with Gasteiger partial charge in [0.05, 0.1) is 0 Å². The lowest BCUT2D eigenvalue weighted by atomic mass is 10.3. The summed E-state index contributed by atoms with van der Waals surface area (Å²) >= 11 is 0. The van der Waals surface area contributed by atoms with Gasteiger partial charge < -0.3 is 25.2 Å². The van der Waals surface area contributed by atoms with Gasteiger partial charge in [-0.2, -0.15) is 0 Å². The highest BCUT2D eigenvalue weighted by molar-refractivity contribution is 5.61. The average Bonchev–Trinajstić information content (AvgIpc) is 2.36. The van der Waals surface area contributed by atoms with Crippen LogP contribution in [-0.2, 0) is 0 Å². The predicted molar refractivity (Wildman–Crippen MR) is 66.5 cm³/mol. The number of carboxylic acid groups (broad SMARTS) is 1. The van der Waals surface area contributed by atoms with Crippen LogP contribution in [0.5, 0.6) is 23.0 Å². The van der Waals surface area contributed by atoms with E-state index in [2.05, 4.69) is 4.74 Å². The summed E-state index contributed by atoms with van der Waals surface area (Å²) in [6.45, 7) is 0. The molecule has 19 heavy (non-hydrogen) atoms. The molecular weight excluding hydrogens is 252 g/mol. The smallest absolute Gasteiger partial charge is 0.508 e. The number of aromatic hydroxyl groups is 3. The summed E-state index contributed by atoms with van der Waals surface area (Å²) in [6.07, 6.45) is -1.37. The standard InChI is InChI=1S/C7H6O4.C6H6O2/c8-5-1-3-6(4-2-5)11-7(9)10;7-5-1-2-6(8)4-3-5/h1-4,8H,(H,9,10);1-4,7-8H. The van der Waals surface area contributed by atoms with Gasteiger partial charge >= 0.3 is 6.16 Å². The Morgan fingerprint density at radius 2 is 1.05 bits per heavy atom. The molecule has 2 rings (SSSR count). The molecule has 0 saturated carbocycles. The third-order valence-electron chi connectivity index (χ3n) is 1.89. The first-order valence-electron chi connectivity index (χ1n) is 5.15. The molecule has 2 aromatic rings. The van der Waals surface area contributed by atoms with Crippen LogP contribution in [0.15, 0.2) is 48.5 Å². The van der Waals surface area contributed by atoms with Crippen LogP contribution in [-0.4, -0.2) is 26.6 Å². The number of hydrogen-bond acceptors (Lipinski definition) is 5. The molecule has 0 aliphatic rings. The van der Waals surface area contributed by atoms with Crippen molar-refractivity contribution in [3.8, 4) is 23.0 Å². The third kappa shape index (κ3) is 5.83. The van der Waals surface area contributed by atoms with Crippen molar-refractivity contribution in [3.63, 3.8) is 0 Å². The Balaban J connectivity index is 0.000000200. The normalized spacial score (nSPS) is 9.05. The summed E-state index contributed by atoms with van der Waals surface area (Å²) in [7, 11) is 0. The lowest BCUT2D eigenvalue weighted by Gasteiger charge is -1.97. The van der Waals surface area contributed by atoms with Gasteiger partial charge in [0.1, 0.15) is 23.0 Å². The van der Waals surface area contributed by atoms with Crippen molar-refractivity contribution in [2.45, 2.75) is 0 Å². The van der Waals surface area contributed by atoms with E-state index in [-0.39, 0.29) is 23.0 Å². The molecule has 0 radical (unpaired) electrons. The molecule has 0 aliphatic carbocycles. The summed E-state index contributed by atoms with van der Waals surface area (Å²) < 4.78 is 4.27. The van der Waals surface area contributed by atoms with Crippen LogP contribution >= 0.6 is 0 Å². The molecule has 0 atom stereocenters. The van der Waals surface area contributed by atoms with E-state index in [1.807, 2.05) is 0 Å². The fraction of sp³-hybridized carbons (Fsp3) is 0. The highest BCUT2D eigenvalue weighted by Gasteiger charge is 1.98. The molecule has 6 heteroatoms. The van der Waals surface area contributed by atoms with Crippen molar-refractivity contribution in [1.29, 1.82) is 0 Å². The number of ether oxygens (including phenoxy) is 1. The minimum Gasteiger partial charge on any atom is -0.508 e. The zero-order chi connectivity index (χ0) is 14.3. The summed E-state index contributed by atoms with van der Waals surface area (Å²) in [5, 5.41) is 34.2.